The number of amides is 1. The summed E-state index contributed by atoms with van der Waals surface area (Å²) in [6.45, 7) is 8.79. The van der Waals surface area contributed by atoms with Gasteiger partial charge in [0.1, 0.15) is 0 Å². The number of rotatable bonds is 7. The normalized spacial score (nSPS) is 24.4. The van der Waals surface area contributed by atoms with Crippen LogP contribution >= 0.6 is 0 Å². The molecule has 0 bridgehead atoms. The van der Waals surface area contributed by atoms with Crippen molar-refractivity contribution in [3.05, 3.63) is 47.9 Å². The minimum absolute atomic E-state index is 0.354. The summed E-state index contributed by atoms with van der Waals surface area (Å²) in [6.07, 6.45) is 6.21. The van der Waals surface area contributed by atoms with E-state index >= 15 is 0 Å². The number of nitrogens with one attached hydrogen (secondary N) is 1. The molecule has 0 saturated carbocycles. The van der Waals surface area contributed by atoms with Crippen LogP contribution in [0.4, 0.5) is 5.69 Å². The first kappa shape index (κ1) is 23.4. The summed E-state index contributed by atoms with van der Waals surface area (Å²) in [5, 5.41) is 7.94. The molecule has 2 aromatic rings. The van der Waals surface area contributed by atoms with Crippen LogP contribution in [0.2, 0.25) is 0 Å². The second kappa shape index (κ2) is 11.4. The van der Waals surface area contributed by atoms with E-state index < -0.39 is 0 Å². The Hall–Kier alpha value is -2.38. The lowest BCUT2D eigenvalue weighted by atomic mass is 9.81. The van der Waals surface area contributed by atoms with Crippen molar-refractivity contribution in [3.8, 4) is 0 Å². The van der Waals surface area contributed by atoms with Crippen molar-refractivity contribution in [2.24, 2.45) is 11.8 Å². The smallest absolute Gasteiger partial charge is 0.222 e. The Bertz CT molecular complexity index is 903. The molecule has 3 aliphatic heterocycles. The van der Waals surface area contributed by atoms with Crippen LogP contribution in [-0.4, -0.2) is 73.2 Å². The molecular formula is C27H39N5O2. The van der Waals surface area contributed by atoms with E-state index in [-0.39, 0.29) is 0 Å². The maximum absolute atomic E-state index is 12.9. The number of benzene rings is 1. The molecule has 7 heteroatoms. The summed E-state index contributed by atoms with van der Waals surface area (Å²) in [4.78, 5) is 19.9. The van der Waals surface area contributed by atoms with Gasteiger partial charge in [-0.2, -0.15) is 0 Å². The van der Waals surface area contributed by atoms with E-state index in [1.807, 2.05) is 0 Å². The van der Waals surface area contributed by atoms with Crippen LogP contribution in [0.25, 0.3) is 0 Å². The highest BCUT2D eigenvalue weighted by atomic mass is 16.5. The third kappa shape index (κ3) is 5.99. The summed E-state index contributed by atoms with van der Waals surface area (Å²) < 4.78 is 5.73. The molecule has 2 atom stereocenters. The van der Waals surface area contributed by atoms with Gasteiger partial charge < -0.3 is 19.6 Å². The minimum Gasteiger partial charge on any atom is -0.369 e. The highest BCUT2D eigenvalue weighted by Gasteiger charge is 2.30. The number of piperidine rings is 2. The second-order valence-electron chi connectivity index (χ2n) is 10.2. The molecule has 3 aliphatic rings. The zero-order chi connectivity index (χ0) is 23.2. The van der Waals surface area contributed by atoms with Crippen molar-refractivity contribution in [3.63, 3.8) is 0 Å². The Labute approximate surface area is 203 Å². The van der Waals surface area contributed by atoms with Crippen LogP contribution < -0.4 is 10.2 Å². The highest BCUT2D eigenvalue weighted by Crippen LogP contribution is 2.28. The lowest BCUT2D eigenvalue weighted by molar-refractivity contribution is -0.133. The molecule has 3 fully saturated rings. The van der Waals surface area contributed by atoms with Crippen LogP contribution in [0.3, 0.4) is 0 Å². The predicted molar refractivity (Wildman–Crippen MR) is 134 cm³/mol. The molecule has 0 radical (unpaired) electrons. The van der Waals surface area contributed by atoms with Crippen molar-refractivity contribution in [1.29, 1.82) is 0 Å². The van der Waals surface area contributed by atoms with Crippen LogP contribution in [-0.2, 0) is 17.8 Å². The van der Waals surface area contributed by atoms with E-state index in [0.717, 1.165) is 96.0 Å². The molecule has 1 aromatic heterocycles. The molecule has 184 valence electrons. The van der Waals surface area contributed by atoms with Gasteiger partial charge in [-0.05, 0) is 69.2 Å². The molecule has 1 N–H and O–H groups in total. The number of carbonyl (C=O) groups excluding carboxylic acids is 1. The number of aromatic nitrogens is 1. The molecule has 7 nitrogen and oxygen atoms in total. The number of carbonyl (C=O) groups is 1. The van der Waals surface area contributed by atoms with Crippen molar-refractivity contribution in [1.82, 2.24) is 20.3 Å². The molecule has 1 amide bonds. The van der Waals surface area contributed by atoms with Crippen molar-refractivity contribution in [2.75, 3.05) is 57.3 Å². The average molecular weight is 466 g/mol. The van der Waals surface area contributed by atoms with Crippen molar-refractivity contribution in [2.45, 2.75) is 45.1 Å². The largest absolute Gasteiger partial charge is 0.369 e. The van der Waals surface area contributed by atoms with E-state index in [9.17, 15) is 4.79 Å². The fourth-order valence-corrected chi connectivity index (χ4v) is 5.80. The quantitative estimate of drug-likeness (QED) is 0.678. The Morgan fingerprint density at radius 2 is 1.79 bits per heavy atom. The molecule has 34 heavy (non-hydrogen) atoms. The number of likely N-dealkylation sites (tertiary alicyclic amines) is 1. The Morgan fingerprint density at radius 3 is 2.59 bits per heavy atom. The number of nitrogens with zero attached hydrogens (tertiary/aromatic N) is 4. The third-order valence-electron chi connectivity index (χ3n) is 7.86. The predicted octanol–water partition coefficient (Wildman–Crippen LogP) is 3.17. The first-order valence-corrected chi connectivity index (χ1v) is 13.2. The number of hydrogen-bond acceptors (Lipinski definition) is 6. The van der Waals surface area contributed by atoms with Gasteiger partial charge in [-0.25, -0.2) is 0 Å². The Balaban J connectivity index is 1.11. The van der Waals surface area contributed by atoms with E-state index in [1.165, 1.54) is 12.1 Å². The topological polar surface area (TPSA) is 64.9 Å². The van der Waals surface area contributed by atoms with Gasteiger partial charge in [0.2, 0.25) is 5.91 Å². The van der Waals surface area contributed by atoms with Gasteiger partial charge in [0, 0.05) is 57.4 Å². The number of para-hydroxylation sites is 1. The molecule has 3 saturated heterocycles. The third-order valence-corrected chi connectivity index (χ3v) is 7.86. The van der Waals surface area contributed by atoms with Crippen molar-refractivity contribution < 1.29 is 9.32 Å². The molecule has 4 heterocycles. The van der Waals surface area contributed by atoms with E-state index in [1.54, 1.807) is 0 Å². The summed E-state index contributed by atoms with van der Waals surface area (Å²) in [5.41, 5.74) is 2.33. The first-order valence-electron chi connectivity index (χ1n) is 13.2. The lowest BCUT2D eigenvalue weighted by Gasteiger charge is -2.35. The molecule has 0 unspecified atom stereocenters. The summed E-state index contributed by atoms with van der Waals surface area (Å²) in [7, 11) is 0. The highest BCUT2D eigenvalue weighted by molar-refractivity contribution is 5.76. The number of piperazine rings is 1. The minimum atomic E-state index is 0.354. The molecule has 0 spiro atoms. The van der Waals surface area contributed by atoms with Gasteiger partial charge in [0.05, 0.1) is 12.2 Å². The summed E-state index contributed by atoms with van der Waals surface area (Å²) >= 11 is 0. The van der Waals surface area contributed by atoms with Gasteiger partial charge in [-0.1, -0.05) is 23.4 Å². The van der Waals surface area contributed by atoms with E-state index in [4.69, 9.17) is 4.52 Å². The Kier molecular flexibility index (Phi) is 7.81. The van der Waals surface area contributed by atoms with Gasteiger partial charge >= 0.3 is 0 Å². The first-order chi connectivity index (χ1) is 16.7. The van der Waals surface area contributed by atoms with Crippen molar-refractivity contribution >= 4 is 11.6 Å². The fourth-order valence-electron chi connectivity index (χ4n) is 5.80. The molecule has 0 aliphatic carbocycles. The number of hydrogen-bond donors (Lipinski definition) is 1. The fraction of sp³-hybridized carbons (Fsp3) is 0.630. The van der Waals surface area contributed by atoms with E-state index in [2.05, 4.69) is 61.6 Å². The van der Waals surface area contributed by atoms with Gasteiger partial charge in [0.25, 0.3) is 0 Å². The number of anilines is 1. The second-order valence-corrected chi connectivity index (χ2v) is 10.2. The average Bonchev–Trinajstić information content (AvgIpc) is 3.33. The van der Waals surface area contributed by atoms with Crippen LogP contribution in [0, 0.1) is 11.8 Å². The SMILES string of the molecule is O=C(C[C@@H]1CCNC[C@@H]1Cc1cc(CN2CCN(c3ccccc3)CC2)on1)N1CCCCC1. The van der Waals surface area contributed by atoms with Gasteiger partial charge in [0.15, 0.2) is 5.76 Å². The Morgan fingerprint density at radius 1 is 1.00 bits per heavy atom. The molecule has 5 rings (SSSR count). The maximum Gasteiger partial charge on any atom is 0.222 e. The summed E-state index contributed by atoms with van der Waals surface area (Å²) in [5.74, 6) is 2.18. The molecular weight excluding hydrogens is 426 g/mol. The van der Waals surface area contributed by atoms with Crippen LogP contribution in [0.5, 0.6) is 0 Å². The standard InChI is InChI=1S/C27H39N5O2/c33-27(32-11-5-2-6-12-32)18-22-9-10-28-20-23(22)17-24-19-26(34-29-24)21-30-13-15-31(16-14-30)25-7-3-1-4-8-25/h1,3-4,7-8,19,22-23,28H,2,5-6,9-18,20-21H2/t22-,23-/m0/s1. The maximum atomic E-state index is 12.9. The van der Waals surface area contributed by atoms with E-state index in [0.29, 0.717) is 24.2 Å². The van der Waals surface area contributed by atoms with Gasteiger partial charge in [-0.15, -0.1) is 0 Å². The van der Waals surface area contributed by atoms with Crippen LogP contribution in [0.1, 0.15) is 43.6 Å². The monoisotopic (exact) mass is 465 g/mol. The molecule has 1 aromatic carbocycles. The zero-order valence-electron chi connectivity index (χ0n) is 20.3. The lowest BCUT2D eigenvalue weighted by Crippen LogP contribution is -2.45. The van der Waals surface area contributed by atoms with Gasteiger partial charge in [-0.3, -0.25) is 9.69 Å². The summed E-state index contributed by atoms with van der Waals surface area (Å²) in [6, 6.07) is 12.8. The zero-order valence-corrected chi connectivity index (χ0v) is 20.3. The van der Waals surface area contributed by atoms with Crippen LogP contribution in [0.15, 0.2) is 40.9 Å².